The summed E-state index contributed by atoms with van der Waals surface area (Å²) in [5.41, 5.74) is -0.919. The van der Waals surface area contributed by atoms with Crippen LogP contribution in [0.3, 0.4) is 0 Å². The van der Waals surface area contributed by atoms with Crippen LogP contribution in [0.1, 0.15) is 59.8 Å². The smallest absolute Gasteiger partial charge is 0.268 e. The van der Waals surface area contributed by atoms with E-state index in [2.05, 4.69) is 18.1 Å². The van der Waals surface area contributed by atoms with E-state index in [0.717, 1.165) is 31.8 Å². The second-order valence-corrected chi connectivity index (χ2v) is 8.90. The first-order valence-electron chi connectivity index (χ1n) is 9.39. The quantitative estimate of drug-likeness (QED) is 0.181. The molecule has 0 spiro atoms. The van der Waals surface area contributed by atoms with Gasteiger partial charge in [0.05, 0.1) is 25.4 Å². The average Bonchev–Trinajstić information content (AvgIpc) is 2.74. The van der Waals surface area contributed by atoms with Gasteiger partial charge in [-0.05, 0) is 40.5 Å². The molecule has 0 aromatic heterocycles. The van der Waals surface area contributed by atoms with Crippen LogP contribution in [0.5, 0.6) is 0 Å². The molecule has 0 rings (SSSR count). The Kier molecular flexibility index (Phi) is 36.2. The third-order valence-corrected chi connectivity index (χ3v) is 4.74. The predicted octanol–water partition coefficient (Wildman–Crippen LogP) is 1.59. The predicted molar refractivity (Wildman–Crippen MR) is 116 cm³/mol. The zero-order valence-electron chi connectivity index (χ0n) is 19.6. The maximum atomic E-state index is 11.2. The second kappa shape index (κ2) is 28.6. The molecule has 0 aromatic carbocycles. The van der Waals surface area contributed by atoms with Gasteiger partial charge in [0.1, 0.15) is 32.9 Å². The van der Waals surface area contributed by atoms with E-state index in [1.807, 2.05) is 20.4 Å². The molecule has 0 saturated carbocycles. The molecular weight excluding hydrogens is 486 g/mol. The third kappa shape index (κ3) is 44.9. The number of hydrogen-bond donors (Lipinski definition) is 0. The molecule has 33 heavy (non-hydrogen) atoms. The van der Waals surface area contributed by atoms with E-state index in [-0.39, 0.29) is 6.61 Å². The van der Waals surface area contributed by atoms with Crippen LogP contribution in [0.4, 0.5) is 0 Å². The molecule has 15 heteroatoms. The fraction of sp³-hybridized carbons (Fsp3) is 0.722. The Hall–Kier alpha value is -1.43. The Balaban J connectivity index is -0.000000146. The lowest BCUT2D eigenvalue weighted by Gasteiger charge is -2.30. The molecule has 2 atom stereocenters. The molecule has 0 aliphatic heterocycles. The summed E-state index contributed by atoms with van der Waals surface area (Å²) in [7, 11) is -8.85. The highest BCUT2D eigenvalue weighted by molar-refractivity contribution is 7.46. The van der Waals surface area contributed by atoms with Gasteiger partial charge in [-0.3, -0.25) is 9.13 Å². The van der Waals surface area contributed by atoms with E-state index < -0.39 is 34.5 Å². The topological polar surface area (TPSA) is 203 Å². The van der Waals surface area contributed by atoms with Crippen LogP contribution >= 0.6 is 15.6 Å². The molecule has 0 N–H and O–H groups in total. The summed E-state index contributed by atoms with van der Waals surface area (Å²) in [6.07, 6.45) is 5.96. The van der Waals surface area contributed by atoms with Gasteiger partial charge < -0.3 is 51.9 Å². The summed E-state index contributed by atoms with van der Waals surface area (Å²) in [5.74, 6) is 0. The molecule has 0 saturated heterocycles. The van der Waals surface area contributed by atoms with Gasteiger partial charge in [-0.25, -0.2) is 0 Å². The van der Waals surface area contributed by atoms with Crippen LogP contribution < -0.4 is 9.79 Å². The van der Waals surface area contributed by atoms with Gasteiger partial charge in [-0.2, -0.15) is 0 Å². The van der Waals surface area contributed by atoms with Crippen molar-refractivity contribution in [2.24, 2.45) is 0 Å². The van der Waals surface area contributed by atoms with Gasteiger partial charge in [0.2, 0.25) is 0 Å². The van der Waals surface area contributed by atoms with E-state index in [0.29, 0.717) is 12.8 Å². The Morgan fingerprint density at radius 1 is 0.727 bits per heavy atom. The number of hydrogen-bond acceptors (Lipinski definition) is 13. The molecule has 0 fully saturated rings. The van der Waals surface area contributed by atoms with Crippen molar-refractivity contribution in [2.45, 2.75) is 65.4 Å². The summed E-state index contributed by atoms with van der Waals surface area (Å²) in [5, 5.41) is 0. The SMILES string of the molecule is C=O.C=O.C=O.CCOP(=O)([O-])OCCOP(=O)([O-])OC(C)(C)C.O=CCCCCCC=O. The average molecular weight is 522 g/mol. The molecule has 0 radical (unpaired) electrons. The summed E-state index contributed by atoms with van der Waals surface area (Å²) in [6.45, 7) is 11.1. The maximum absolute atomic E-state index is 11.2. The number of phosphoric acid groups is 2. The van der Waals surface area contributed by atoms with Gasteiger partial charge in [-0.1, -0.05) is 6.42 Å². The molecule has 0 heterocycles. The van der Waals surface area contributed by atoms with Crippen LogP contribution in [0, 0.1) is 0 Å². The number of phosphoric ester groups is 2. The van der Waals surface area contributed by atoms with Gasteiger partial charge >= 0.3 is 0 Å². The molecule has 0 amide bonds. The fourth-order valence-corrected chi connectivity index (χ4v) is 3.20. The minimum Gasteiger partial charge on any atom is -0.756 e. The Bertz CT molecular complexity index is 523. The molecule has 2 unspecified atom stereocenters. The minimum absolute atomic E-state index is 0.0607. The van der Waals surface area contributed by atoms with E-state index >= 15 is 0 Å². The molecule has 0 aliphatic carbocycles. The van der Waals surface area contributed by atoms with E-state index in [9.17, 15) is 28.5 Å². The van der Waals surface area contributed by atoms with Crippen LogP contribution in [0.15, 0.2) is 0 Å². The van der Waals surface area contributed by atoms with Crippen molar-refractivity contribution in [3.8, 4) is 0 Å². The highest BCUT2D eigenvalue weighted by Crippen LogP contribution is 2.43. The van der Waals surface area contributed by atoms with Crippen molar-refractivity contribution >= 4 is 48.6 Å². The van der Waals surface area contributed by atoms with Crippen LogP contribution in [0.2, 0.25) is 0 Å². The Morgan fingerprint density at radius 3 is 1.39 bits per heavy atom. The zero-order chi connectivity index (χ0) is 27.4. The van der Waals surface area contributed by atoms with Crippen molar-refractivity contribution in [3.05, 3.63) is 0 Å². The van der Waals surface area contributed by atoms with Crippen molar-refractivity contribution in [3.63, 3.8) is 0 Å². The van der Waals surface area contributed by atoms with Gasteiger partial charge in [0, 0.05) is 12.8 Å². The van der Waals surface area contributed by atoms with E-state index in [1.54, 1.807) is 20.8 Å². The van der Waals surface area contributed by atoms with Crippen molar-refractivity contribution in [2.75, 3.05) is 19.8 Å². The summed E-state index contributed by atoms with van der Waals surface area (Å²) < 4.78 is 39.9. The monoisotopic (exact) mass is 522 g/mol. The molecule has 0 bridgehead atoms. The molecule has 0 aromatic rings. The zero-order valence-corrected chi connectivity index (χ0v) is 21.4. The molecular formula is C18H36O13P2-2. The van der Waals surface area contributed by atoms with Gasteiger partial charge in [0.15, 0.2) is 0 Å². The Morgan fingerprint density at radius 2 is 1.09 bits per heavy atom. The van der Waals surface area contributed by atoms with E-state index in [1.165, 1.54) is 6.92 Å². The lowest BCUT2D eigenvalue weighted by atomic mass is 10.2. The van der Waals surface area contributed by atoms with Crippen molar-refractivity contribution < 1.29 is 61.0 Å². The normalized spacial score (nSPS) is 13.3. The highest BCUT2D eigenvalue weighted by atomic mass is 31.2. The largest absolute Gasteiger partial charge is 0.756 e. The first-order chi connectivity index (χ1) is 15.4. The van der Waals surface area contributed by atoms with Crippen LogP contribution in [-0.4, -0.2) is 58.4 Å². The Labute approximate surface area is 195 Å². The number of carbonyl (C=O) groups is 5. The van der Waals surface area contributed by atoms with Crippen molar-refractivity contribution in [1.29, 1.82) is 0 Å². The minimum atomic E-state index is -4.47. The van der Waals surface area contributed by atoms with Gasteiger partial charge in [-0.15, -0.1) is 0 Å². The maximum Gasteiger partial charge on any atom is 0.268 e. The standard InChI is InChI=1S/C8H20O8P2.C7H12O2.3CH2O/c1-5-13-17(9,10)14-6-7-15-18(11,12)16-8(2,3)4;8-6-4-2-1-3-5-7-9;3*1-2/h5-7H2,1-4H3,(H,9,10)(H,11,12);6-7H,1-5H2;3*1H2/p-2. The lowest BCUT2D eigenvalue weighted by Crippen LogP contribution is -2.23. The highest BCUT2D eigenvalue weighted by Gasteiger charge is 2.20. The first kappa shape index (κ1) is 41.8. The number of rotatable bonds is 14. The summed E-state index contributed by atoms with van der Waals surface area (Å²) >= 11 is 0. The summed E-state index contributed by atoms with van der Waals surface area (Å²) in [4.78, 5) is 65.7. The lowest BCUT2D eigenvalue weighted by molar-refractivity contribution is -0.238. The molecule has 198 valence electrons. The van der Waals surface area contributed by atoms with Gasteiger partial charge in [0.25, 0.3) is 15.6 Å². The first-order valence-corrected chi connectivity index (χ1v) is 12.3. The number of aldehydes is 2. The van der Waals surface area contributed by atoms with Crippen LogP contribution in [0.25, 0.3) is 0 Å². The van der Waals surface area contributed by atoms with E-state index in [4.69, 9.17) is 14.4 Å². The second-order valence-electron chi connectivity index (χ2n) is 6.15. The molecule has 0 aliphatic rings. The number of unbranched alkanes of at least 4 members (excludes halogenated alkanes) is 4. The van der Waals surface area contributed by atoms with Crippen LogP contribution in [-0.2, 0) is 51.2 Å². The summed E-state index contributed by atoms with van der Waals surface area (Å²) in [6, 6.07) is 0. The molecule has 13 nitrogen and oxygen atoms in total. The number of carbonyl (C=O) groups excluding carboxylic acids is 5. The third-order valence-electron chi connectivity index (χ3n) is 2.40. The van der Waals surface area contributed by atoms with Crippen molar-refractivity contribution in [1.82, 2.24) is 0 Å². The fourth-order valence-electron chi connectivity index (χ4n) is 1.49.